The second kappa shape index (κ2) is 11.1. The van der Waals surface area contributed by atoms with Crippen LogP contribution >= 0.6 is 0 Å². The number of aromatic nitrogens is 2. The number of hydrogen-bond donors (Lipinski definition) is 0. The predicted molar refractivity (Wildman–Crippen MR) is 184 cm³/mol. The molecule has 44 heavy (non-hydrogen) atoms. The van der Waals surface area contributed by atoms with Gasteiger partial charge < -0.3 is 0 Å². The minimum absolute atomic E-state index is 0.967. The van der Waals surface area contributed by atoms with E-state index in [-0.39, 0.29) is 0 Å². The molecule has 2 heteroatoms. The standard InChI is InChI=1S/C42H28N2/c1-4-12-29(13-5-1)32-20-23-37-38(26-32)42(34-22-25-40(44-28-34)31-16-8-3-9-17-31)36-19-11-10-18-35(36)41(37)33-21-24-39(43-27-33)30-14-6-2-7-15-30/h1-28H. The first-order valence-electron chi connectivity index (χ1n) is 14.9. The van der Waals surface area contributed by atoms with Crippen molar-refractivity contribution < 1.29 is 0 Å². The van der Waals surface area contributed by atoms with Gasteiger partial charge >= 0.3 is 0 Å². The average molecular weight is 561 g/mol. The van der Waals surface area contributed by atoms with E-state index in [0.29, 0.717) is 0 Å². The minimum atomic E-state index is 0.967. The molecule has 0 N–H and O–H groups in total. The van der Waals surface area contributed by atoms with Gasteiger partial charge in [0.15, 0.2) is 0 Å². The smallest absolute Gasteiger partial charge is 0.0702 e. The zero-order valence-electron chi connectivity index (χ0n) is 24.1. The van der Waals surface area contributed by atoms with Crippen molar-refractivity contribution >= 4 is 21.5 Å². The SMILES string of the molecule is c1ccc(-c2ccc3c(-c4ccc(-c5ccccc5)nc4)c4ccccc4c(-c4ccc(-c5ccccc5)nc4)c3c2)cc1. The van der Waals surface area contributed by atoms with Crippen LogP contribution in [0.4, 0.5) is 0 Å². The van der Waals surface area contributed by atoms with Crippen LogP contribution in [0, 0.1) is 0 Å². The van der Waals surface area contributed by atoms with E-state index >= 15 is 0 Å². The third-order valence-corrected chi connectivity index (χ3v) is 8.37. The highest BCUT2D eigenvalue weighted by molar-refractivity contribution is 6.21. The molecule has 0 spiro atoms. The summed E-state index contributed by atoms with van der Waals surface area (Å²) in [6.07, 6.45) is 4.04. The van der Waals surface area contributed by atoms with Crippen LogP contribution in [0.2, 0.25) is 0 Å². The minimum Gasteiger partial charge on any atom is -0.256 e. The second-order valence-corrected chi connectivity index (χ2v) is 11.0. The highest BCUT2D eigenvalue weighted by atomic mass is 14.7. The molecule has 206 valence electrons. The van der Waals surface area contributed by atoms with E-state index in [4.69, 9.17) is 9.97 Å². The molecule has 0 aliphatic rings. The number of benzene rings is 6. The van der Waals surface area contributed by atoms with Crippen LogP contribution in [0.25, 0.3) is 77.4 Å². The van der Waals surface area contributed by atoms with Crippen molar-refractivity contribution in [1.29, 1.82) is 0 Å². The summed E-state index contributed by atoms with van der Waals surface area (Å²) in [4.78, 5) is 9.84. The number of fused-ring (bicyclic) bond motifs is 2. The van der Waals surface area contributed by atoms with E-state index in [1.54, 1.807) is 0 Å². The molecule has 0 unspecified atom stereocenters. The molecule has 6 aromatic carbocycles. The first-order chi connectivity index (χ1) is 21.8. The van der Waals surface area contributed by atoms with E-state index in [0.717, 1.165) is 33.6 Å². The Labute approximate surface area is 257 Å². The van der Waals surface area contributed by atoms with Gasteiger partial charge in [0.25, 0.3) is 0 Å². The van der Waals surface area contributed by atoms with Gasteiger partial charge in [0, 0.05) is 34.6 Å². The molecule has 2 heterocycles. The van der Waals surface area contributed by atoms with Gasteiger partial charge in [-0.2, -0.15) is 0 Å². The predicted octanol–water partition coefficient (Wildman–Crippen LogP) is 11.1. The summed E-state index contributed by atoms with van der Waals surface area (Å²) in [5.41, 5.74) is 11.1. The Kier molecular flexibility index (Phi) is 6.51. The second-order valence-electron chi connectivity index (χ2n) is 11.0. The Morgan fingerprint density at radius 1 is 0.273 bits per heavy atom. The van der Waals surface area contributed by atoms with Crippen molar-refractivity contribution in [3.63, 3.8) is 0 Å². The lowest BCUT2D eigenvalue weighted by Gasteiger charge is -2.19. The Morgan fingerprint density at radius 3 is 1.16 bits per heavy atom. The van der Waals surface area contributed by atoms with E-state index in [9.17, 15) is 0 Å². The normalized spacial score (nSPS) is 11.2. The summed E-state index contributed by atoms with van der Waals surface area (Å²) in [5, 5.41) is 4.78. The molecule has 2 nitrogen and oxygen atoms in total. The Morgan fingerprint density at radius 2 is 0.682 bits per heavy atom. The monoisotopic (exact) mass is 560 g/mol. The number of rotatable bonds is 5. The summed E-state index contributed by atoms with van der Waals surface area (Å²) in [7, 11) is 0. The Balaban J connectivity index is 1.38. The topological polar surface area (TPSA) is 25.8 Å². The van der Waals surface area contributed by atoms with Gasteiger partial charge in [0.2, 0.25) is 0 Å². The van der Waals surface area contributed by atoms with Gasteiger partial charge in [-0.05, 0) is 62.0 Å². The molecule has 0 saturated heterocycles. The van der Waals surface area contributed by atoms with Crippen LogP contribution < -0.4 is 0 Å². The fourth-order valence-corrected chi connectivity index (χ4v) is 6.25. The third-order valence-electron chi connectivity index (χ3n) is 8.37. The van der Waals surface area contributed by atoms with Gasteiger partial charge in [0.1, 0.15) is 0 Å². The maximum absolute atomic E-state index is 4.93. The molecule has 0 bridgehead atoms. The molecule has 8 rings (SSSR count). The van der Waals surface area contributed by atoms with E-state index < -0.39 is 0 Å². The molecular weight excluding hydrogens is 532 g/mol. The van der Waals surface area contributed by atoms with Gasteiger partial charge in [-0.15, -0.1) is 0 Å². The van der Waals surface area contributed by atoms with E-state index in [1.807, 2.05) is 24.5 Å². The van der Waals surface area contributed by atoms with Crippen molar-refractivity contribution in [3.05, 3.63) is 170 Å². The van der Waals surface area contributed by atoms with Crippen molar-refractivity contribution in [2.75, 3.05) is 0 Å². The van der Waals surface area contributed by atoms with Gasteiger partial charge in [0.05, 0.1) is 11.4 Å². The number of pyridine rings is 2. The molecule has 0 saturated carbocycles. The Hall–Kier alpha value is -5.86. The van der Waals surface area contributed by atoms with Crippen molar-refractivity contribution in [2.24, 2.45) is 0 Å². The molecule has 0 radical (unpaired) electrons. The molecule has 0 aliphatic heterocycles. The molecule has 2 aromatic heterocycles. The molecule has 0 fully saturated rings. The van der Waals surface area contributed by atoms with Crippen LogP contribution in [0.5, 0.6) is 0 Å². The zero-order chi connectivity index (χ0) is 29.3. The summed E-state index contributed by atoms with van der Waals surface area (Å²) in [5.74, 6) is 0. The molecular formula is C42H28N2. The van der Waals surface area contributed by atoms with Crippen LogP contribution in [0.1, 0.15) is 0 Å². The zero-order valence-corrected chi connectivity index (χ0v) is 24.1. The third kappa shape index (κ3) is 4.63. The molecule has 0 atom stereocenters. The maximum atomic E-state index is 4.93. The van der Waals surface area contributed by atoms with E-state index in [1.165, 1.54) is 43.8 Å². The molecule has 0 aliphatic carbocycles. The lowest BCUT2D eigenvalue weighted by atomic mass is 9.85. The highest BCUT2D eigenvalue weighted by Crippen LogP contribution is 2.45. The molecule has 8 aromatic rings. The molecule has 0 amide bonds. The van der Waals surface area contributed by atoms with Crippen LogP contribution in [0.3, 0.4) is 0 Å². The van der Waals surface area contributed by atoms with Crippen molar-refractivity contribution in [1.82, 2.24) is 9.97 Å². The van der Waals surface area contributed by atoms with Gasteiger partial charge in [-0.1, -0.05) is 140 Å². The fraction of sp³-hybridized carbons (Fsp3) is 0. The largest absolute Gasteiger partial charge is 0.256 e. The quantitative estimate of drug-likeness (QED) is 0.196. The van der Waals surface area contributed by atoms with Crippen LogP contribution in [0.15, 0.2) is 170 Å². The Bertz CT molecular complexity index is 2220. The lowest BCUT2D eigenvalue weighted by Crippen LogP contribution is -1.93. The van der Waals surface area contributed by atoms with Crippen LogP contribution in [-0.2, 0) is 0 Å². The lowest BCUT2D eigenvalue weighted by molar-refractivity contribution is 1.33. The van der Waals surface area contributed by atoms with E-state index in [2.05, 4.69) is 146 Å². The number of nitrogens with zero attached hydrogens (tertiary/aromatic N) is 2. The van der Waals surface area contributed by atoms with Crippen molar-refractivity contribution in [3.8, 4) is 55.9 Å². The summed E-state index contributed by atoms with van der Waals surface area (Å²) >= 11 is 0. The number of hydrogen-bond acceptors (Lipinski definition) is 2. The van der Waals surface area contributed by atoms with Gasteiger partial charge in [-0.3, -0.25) is 9.97 Å². The highest BCUT2D eigenvalue weighted by Gasteiger charge is 2.18. The summed E-state index contributed by atoms with van der Waals surface area (Å²) in [6.45, 7) is 0. The van der Waals surface area contributed by atoms with Crippen LogP contribution in [-0.4, -0.2) is 9.97 Å². The first kappa shape index (κ1) is 25.8. The first-order valence-corrected chi connectivity index (χ1v) is 14.9. The fourth-order valence-electron chi connectivity index (χ4n) is 6.25. The van der Waals surface area contributed by atoms with Gasteiger partial charge in [-0.25, -0.2) is 0 Å². The summed E-state index contributed by atoms with van der Waals surface area (Å²) in [6, 6.07) is 55.5. The average Bonchev–Trinajstić information content (AvgIpc) is 3.12. The summed E-state index contributed by atoms with van der Waals surface area (Å²) < 4.78 is 0. The van der Waals surface area contributed by atoms with Crippen molar-refractivity contribution in [2.45, 2.75) is 0 Å². The maximum Gasteiger partial charge on any atom is 0.0702 e.